The molecule has 1 unspecified atom stereocenters. The molecule has 144 valence electrons. The van der Waals surface area contributed by atoms with Crippen molar-refractivity contribution in [2.24, 2.45) is 0 Å². The van der Waals surface area contributed by atoms with Gasteiger partial charge in [0.2, 0.25) is 5.95 Å². The Morgan fingerprint density at radius 2 is 2.00 bits per heavy atom. The summed E-state index contributed by atoms with van der Waals surface area (Å²) >= 11 is 5.50. The molecule has 27 heavy (non-hydrogen) atoms. The molecule has 1 aromatic carbocycles. The molecular formula is C16H10ClF6N3O. The lowest BCUT2D eigenvalue weighted by Crippen LogP contribution is -2.40. The van der Waals surface area contributed by atoms with Gasteiger partial charge in [-0.05, 0) is 23.8 Å². The van der Waals surface area contributed by atoms with Crippen LogP contribution < -0.4 is 5.32 Å². The van der Waals surface area contributed by atoms with Gasteiger partial charge in [0.1, 0.15) is 12.0 Å². The van der Waals surface area contributed by atoms with Gasteiger partial charge in [0.05, 0.1) is 22.8 Å². The van der Waals surface area contributed by atoms with E-state index in [2.05, 4.69) is 4.98 Å². The molecular weight excluding hydrogens is 400 g/mol. The highest BCUT2D eigenvalue weighted by atomic mass is 35.5. The number of aromatic nitrogens is 1. The molecule has 0 bridgehead atoms. The first-order valence-corrected chi connectivity index (χ1v) is 7.85. The Hall–Kier alpha value is -2.49. The summed E-state index contributed by atoms with van der Waals surface area (Å²) in [7, 11) is 0. The van der Waals surface area contributed by atoms with Gasteiger partial charge < -0.3 is 10.2 Å². The first kappa shape index (κ1) is 19.3. The quantitative estimate of drug-likeness (QED) is 0.526. The number of carbonyl (C=O) groups is 1. The van der Waals surface area contributed by atoms with Crippen LogP contribution in [0.4, 0.5) is 36.8 Å². The van der Waals surface area contributed by atoms with E-state index in [0.29, 0.717) is 6.07 Å². The molecule has 3 rings (SSSR count). The monoisotopic (exact) mass is 409 g/mol. The third kappa shape index (κ3) is 3.80. The predicted molar refractivity (Wildman–Crippen MR) is 83.9 cm³/mol. The molecule has 0 aliphatic carbocycles. The van der Waals surface area contributed by atoms with Gasteiger partial charge in [-0.2, -0.15) is 17.6 Å². The lowest BCUT2D eigenvalue weighted by molar-refractivity contribution is -0.137. The van der Waals surface area contributed by atoms with E-state index < -0.39 is 53.0 Å². The summed E-state index contributed by atoms with van der Waals surface area (Å²) in [6, 6.07) is 1.13. The van der Waals surface area contributed by atoms with Gasteiger partial charge in [-0.3, -0.25) is 0 Å². The van der Waals surface area contributed by atoms with E-state index >= 15 is 0 Å². The highest BCUT2D eigenvalue weighted by Gasteiger charge is 2.35. The minimum absolute atomic E-state index is 0.155. The number of hydrogen-bond donors (Lipinski definition) is 1. The number of alkyl halides is 4. The topological polar surface area (TPSA) is 45.2 Å². The van der Waals surface area contributed by atoms with E-state index in [4.69, 9.17) is 11.6 Å². The van der Waals surface area contributed by atoms with Crippen LogP contribution in [0.5, 0.6) is 0 Å². The zero-order chi connectivity index (χ0) is 19.9. The van der Waals surface area contributed by atoms with Crippen LogP contribution in [0.1, 0.15) is 22.9 Å². The van der Waals surface area contributed by atoms with Crippen molar-refractivity contribution in [2.75, 3.05) is 11.9 Å². The number of amides is 2. The van der Waals surface area contributed by atoms with Crippen LogP contribution in [0.15, 0.2) is 24.4 Å². The minimum Gasteiger partial charge on any atom is -0.317 e. The smallest absolute Gasteiger partial charge is 0.317 e. The standard InChI is InChI=1S/C16H10ClF6N3O/c17-9-4-12(10(18)3-8(9)16(21,22)23)25-15(27)26-5-7-1-2-24-14(20)13(7)11(19)6-26/h1-4,11H,5-6H2,(H,25,27). The van der Waals surface area contributed by atoms with Crippen LogP contribution in [0.2, 0.25) is 5.02 Å². The Kier molecular flexibility index (Phi) is 4.94. The van der Waals surface area contributed by atoms with Crippen LogP contribution in [0.3, 0.4) is 0 Å². The molecule has 2 aromatic rings. The number of anilines is 1. The Morgan fingerprint density at radius 3 is 2.67 bits per heavy atom. The second-order valence-electron chi connectivity index (χ2n) is 5.76. The summed E-state index contributed by atoms with van der Waals surface area (Å²) in [5.41, 5.74) is -2.06. The molecule has 0 saturated heterocycles. The molecule has 4 nitrogen and oxygen atoms in total. The summed E-state index contributed by atoms with van der Waals surface area (Å²) in [5.74, 6) is -2.34. The number of halogens is 7. The third-order valence-corrected chi connectivity index (χ3v) is 4.29. The number of pyridine rings is 1. The van der Waals surface area contributed by atoms with Crippen LogP contribution in [0.25, 0.3) is 0 Å². The highest BCUT2D eigenvalue weighted by molar-refractivity contribution is 6.31. The lowest BCUT2D eigenvalue weighted by Gasteiger charge is -2.31. The van der Waals surface area contributed by atoms with E-state index in [-0.39, 0.29) is 23.7 Å². The number of nitrogens with one attached hydrogen (secondary N) is 1. The van der Waals surface area contributed by atoms with Crippen molar-refractivity contribution in [3.05, 3.63) is 57.9 Å². The molecule has 0 spiro atoms. The molecule has 0 saturated carbocycles. The predicted octanol–water partition coefficient (Wildman–Crippen LogP) is 5.09. The van der Waals surface area contributed by atoms with E-state index in [1.165, 1.54) is 6.07 Å². The van der Waals surface area contributed by atoms with Gasteiger partial charge >= 0.3 is 12.2 Å². The van der Waals surface area contributed by atoms with Crippen molar-refractivity contribution >= 4 is 23.3 Å². The van der Waals surface area contributed by atoms with Crippen LogP contribution in [-0.2, 0) is 12.7 Å². The first-order chi connectivity index (χ1) is 12.6. The Labute approximate surface area is 153 Å². The lowest BCUT2D eigenvalue weighted by atomic mass is 10.0. The SMILES string of the molecule is O=C(Nc1cc(Cl)c(C(F)(F)F)cc1F)N1Cc2ccnc(F)c2C(F)C1. The zero-order valence-corrected chi connectivity index (χ0v) is 14.0. The average Bonchev–Trinajstić information content (AvgIpc) is 2.56. The van der Waals surface area contributed by atoms with Crippen molar-refractivity contribution in [1.29, 1.82) is 0 Å². The summed E-state index contributed by atoms with van der Waals surface area (Å²) in [5, 5.41) is 1.24. The fourth-order valence-electron chi connectivity index (χ4n) is 2.72. The number of fused-ring (bicyclic) bond motifs is 1. The van der Waals surface area contributed by atoms with Crippen LogP contribution >= 0.6 is 11.6 Å². The molecule has 1 atom stereocenters. The summed E-state index contributed by atoms with van der Waals surface area (Å²) in [4.78, 5) is 16.5. The second kappa shape index (κ2) is 6.91. The van der Waals surface area contributed by atoms with Crippen molar-refractivity contribution < 1.29 is 31.1 Å². The maximum Gasteiger partial charge on any atom is 0.417 e. The van der Waals surface area contributed by atoms with Crippen molar-refractivity contribution in [2.45, 2.75) is 18.9 Å². The van der Waals surface area contributed by atoms with Gasteiger partial charge in [-0.25, -0.2) is 18.6 Å². The number of nitrogens with zero attached hydrogens (tertiary/aromatic N) is 2. The molecule has 1 aliphatic rings. The molecule has 11 heteroatoms. The maximum absolute atomic E-state index is 14.2. The highest BCUT2D eigenvalue weighted by Crippen LogP contribution is 2.37. The van der Waals surface area contributed by atoms with Crippen molar-refractivity contribution in [1.82, 2.24) is 9.88 Å². The van der Waals surface area contributed by atoms with Gasteiger partial charge in [-0.1, -0.05) is 11.6 Å². The molecule has 0 radical (unpaired) electrons. The van der Waals surface area contributed by atoms with Gasteiger partial charge in [0.25, 0.3) is 0 Å². The van der Waals surface area contributed by atoms with Crippen LogP contribution in [0, 0.1) is 11.8 Å². The number of hydrogen-bond acceptors (Lipinski definition) is 2. The Bertz CT molecular complexity index is 904. The normalized spacial score (nSPS) is 16.9. The van der Waals surface area contributed by atoms with Crippen molar-refractivity contribution in [3.8, 4) is 0 Å². The molecule has 0 fully saturated rings. The fourth-order valence-corrected chi connectivity index (χ4v) is 2.99. The largest absolute Gasteiger partial charge is 0.417 e. The first-order valence-electron chi connectivity index (χ1n) is 7.47. The fraction of sp³-hybridized carbons (Fsp3) is 0.250. The average molecular weight is 410 g/mol. The molecule has 1 aromatic heterocycles. The molecule has 2 amide bonds. The zero-order valence-electron chi connectivity index (χ0n) is 13.2. The molecule has 1 aliphatic heterocycles. The van der Waals surface area contributed by atoms with E-state index in [1.807, 2.05) is 5.32 Å². The molecule has 1 N–H and O–H groups in total. The van der Waals surface area contributed by atoms with Gasteiger partial charge in [0.15, 0.2) is 0 Å². The van der Waals surface area contributed by atoms with Crippen LogP contribution in [-0.4, -0.2) is 22.5 Å². The number of benzene rings is 1. The van der Waals surface area contributed by atoms with Gasteiger partial charge in [-0.15, -0.1) is 0 Å². The number of rotatable bonds is 1. The Balaban J connectivity index is 1.82. The minimum atomic E-state index is -4.86. The second-order valence-corrected chi connectivity index (χ2v) is 6.17. The van der Waals surface area contributed by atoms with Gasteiger partial charge in [0, 0.05) is 18.3 Å². The van der Waals surface area contributed by atoms with E-state index in [0.717, 1.165) is 11.1 Å². The summed E-state index contributed by atoms with van der Waals surface area (Å²) in [6.45, 7) is -0.714. The summed E-state index contributed by atoms with van der Waals surface area (Å²) < 4.78 is 79.8. The number of carbonyl (C=O) groups excluding carboxylic acids is 1. The Morgan fingerprint density at radius 1 is 1.30 bits per heavy atom. The third-order valence-electron chi connectivity index (χ3n) is 3.98. The molecule has 2 heterocycles. The maximum atomic E-state index is 14.2. The van der Waals surface area contributed by atoms with Crippen molar-refractivity contribution in [3.63, 3.8) is 0 Å². The number of urea groups is 1. The van der Waals surface area contributed by atoms with E-state index in [9.17, 15) is 31.1 Å². The van der Waals surface area contributed by atoms with E-state index in [1.54, 1.807) is 0 Å². The summed E-state index contributed by atoms with van der Waals surface area (Å²) in [6.07, 6.45) is -5.61.